The van der Waals surface area contributed by atoms with Gasteiger partial charge in [0.25, 0.3) is 0 Å². The van der Waals surface area contributed by atoms with Crippen molar-refractivity contribution in [1.29, 1.82) is 0 Å². The molecule has 1 heterocycles. The highest BCUT2D eigenvalue weighted by Crippen LogP contribution is 2.30. The molecule has 144 valence electrons. The number of rotatable bonds is 9. The lowest BCUT2D eigenvalue weighted by atomic mass is 10.1. The van der Waals surface area contributed by atoms with Gasteiger partial charge in [0.05, 0.1) is 5.56 Å². The number of halogens is 3. The van der Waals surface area contributed by atoms with Crippen LogP contribution in [0.25, 0.3) is 0 Å². The van der Waals surface area contributed by atoms with Gasteiger partial charge >= 0.3 is 12.1 Å². The fraction of sp³-hybridized carbons (Fsp3) is 0.333. The van der Waals surface area contributed by atoms with E-state index < -0.39 is 17.7 Å². The topological polar surface area (TPSA) is 84.7 Å². The first-order valence-electron chi connectivity index (χ1n) is 8.24. The van der Waals surface area contributed by atoms with Gasteiger partial charge in [-0.15, -0.1) is 0 Å². The van der Waals surface area contributed by atoms with E-state index in [0.717, 1.165) is 12.1 Å². The summed E-state index contributed by atoms with van der Waals surface area (Å²) < 4.78 is 38.9. The number of nitrogens with zero attached hydrogens (tertiary/aromatic N) is 3. The summed E-state index contributed by atoms with van der Waals surface area (Å²) in [6.07, 6.45) is 0.241. The molecule has 0 saturated heterocycles. The van der Waals surface area contributed by atoms with E-state index in [9.17, 15) is 18.0 Å². The van der Waals surface area contributed by atoms with Crippen LogP contribution in [0.15, 0.2) is 47.9 Å². The van der Waals surface area contributed by atoms with Crippen molar-refractivity contribution < 1.29 is 27.9 Å². The van der Waals surface area contributed by atoms with Gasteiger partial charge in [-0.05, 0) is 37.5 Å². The quantitative estimate of drug-likeness (QED) is 0.404. The number of hydrogen-bond acceptors (Lipinski definition) is 5. The predicted octanol–water partition coefficient (Wildman–Crippen LogP) is 3.91. The molecule has 0 atom stereocenters. The molecule has 0 spiro atoms. The molecule has 1 aromatic heterocycles. The minimum absolute atomic E-state index is 0.0800. The average Bonchev–Trinajstić information content (AvgIpc) is 2.64. The van der Waals surface area contributed by atoms with Crippen molar-refractivity contribution in [1.82, 2.24) is 9.97 Å². The van der Waals surface area contributed by atoms with Crippen LogP contribution in [0, 0.1) is 0 Å². The van der Waals surface area contributed by atoms with Crippen LogP contribution < -0.4 is 0 Å². The van der Waals surface area contributed by atoms with E-state index in [-0.39, 0.29) is 30.1 Å². The first-order chi connectivity index (χ1) is 12.9. The van der Waals surface area contributed by atoms with E-state index in [1.54, 1.807) is 6.07 Å². The third kappa shape index (κ3) is 6.69. The maximum absolute atomic E-state index is 13.0. The Morgan fingerprint density at radius 2 is 1.85 bits per heavy atom. The van der Waals surface area contributed by atoms with Crippen molar-refractivity contribution in [2.45, 2.75) is 31.9 Å². The lowest BCUT2D eigenvalue weighted by molar-refractivity contribution is -0.138. The van der Waals surface area contributed by atoms with Gasteiger partial charge in [-0.2, -0.15) is 13.2 Å². The first kappa shape index (κ1) is 20.3. The Balaban J connectivity index is 2.12. The van der Waals surface area contributed by atoms with Gasteiger partial charge in [-0.25, -0.2) is 9.97 Å². The summed E-state index contributed by atoms with van der Waals surface area (Å²) in [6, 6.07) is 6.27. The average molecular weight is 381 g/mol. The SMILES string of the molecule is O=C(O)CCCCCO/N=C(/c1cccc(C(F)(F)F)c1)c1ncccn1. The Labute approximate surface area is 153 Å². The first-order valence-corrected chi connectivity index (χ1v) is 8.24. The molecular weight excluding hydrogens is 363 g/mol. The normalized spacial score (nSPS) is 12.0. The summed E-state index contributed by atoms with van der Waals surface area (Å²) >= 11 is 0. The molecule has 0 radical (unpaired) electrons. The third-order valence-corrected chi connectivity index (χ3v) is 3.52. The molecule has 6 nitrogen and oxygen atoms in total. The van der Waals surface area contributed by atoms with Gasteiger partial charge in [0.1, 0.15) is 6.61 Å². The maximum Gasteiger partial charge on any atom is 0.416 e. The summed E-state index contributed by atoms with van der Waals surface area (Å²) in [5, 5.41) is 12.5. The molecule has 1 aromatic carbocycles. The molecule has 0 bridgehead atoms. The largest absolute Gasteiger partial charge is 0.481 e. The zero-order chi connectivity index (χ0) is 19.7. The highest BCUT2D eigenvalue weighted by molar-refractivity contribution is 6.10. The fourth-order valence-corrected chi connectivity index (χ4v) is 2.22. The Bertz CT molecular complexity index is 780. The van der Waals surface area contributed by atoms with E-state index in [4.69, 9.17) is 9.94 Å². The monoisotopic (exact) mass is 381 g/mol. The molecule has 0 fully saturated rings. The lowest BCUT2D eigenvalue weighted by Crippen LogP contribution is -2.12. The lowest BCUT2D eigenvalue weighted by Gasteiger charge is -2.10. The molecule has 0 aliphatic rings. The van der Waals surface area contributed by atoms with Crippen molar-refractivity contribution in [3.8, 4) is 0 Å². The van der Waals surface area contributed by atoms with Crippen molar-refractivity contribution in [2.24, 2.45) is 5.16 Å². The number of carboxylic acid groups (broad SMARTS) is 1. The standard InChI is InChI=1S/C18H18F3N3O3/c19-18(20,21)14-7-4-6-13(12-14)16(17-22-9-5-10-23-17)24-27-11-3-1-2-8-15(25)26/h4-7,9-10,12H,1-3,8,11H2,(H,25,26)/b24-16-. The minimum Gasteiger partial charge on any atom is -0.481 e. The van der Waals surface area contributed by atoms with Gasteiger partial charge in [0.15, 0.2) is 11.5 Å². The van der Waals surface area contributed by atoms with Crippen LogP contribution in [0.1, 0.15) is 42.6 Å². The Kier molecular flexibility index (Phi) is 7.27. The molecule has 1 N–H and O–H groups in total. The second-order valence-corrected chi connectivity index (χ2v) is 5.63. The molecule has 0 amide bonds. The van der Waals surface area contributed by atoms with E-state index in [1.807, 2.05) is 0 Å². The summed E-state index contributed by atoms with van der Waals surface area (Å²) in [4.78, 5) is 23.7. The Morgan fingerprint density at radius 3 is 2.52 bits per heavy atom. The van der Waals surface area contributed by atoms with E-state index in [2.05, 4.69) is 15.1 Å². The molecule has 0 aliphatic heterocycles. The van der Waals surface area contributed by atoms with Gasteiger partial charge in [-0.1, -0.05) is 17.3 Å². The molecule has 2 rings (SSSR count). The fourth-order valence-electron chi connectivity index (χ4n) is 2.22. The third-order valence-electron chi connectivity index (χ3n) is 3.52. The van der Waals surface area contributed by atoms with Gasteiger partial charge in [-0.3, -0.25) is 4.79 Å². The maximum atomic E-state index is 13.0. The van der Waals surface area contributed by atoms with Crippen LogP contribution >= 0.6 is 0 Å². The van der Waals surface area contributed by atoms with Crippen LogP contribution in [0.2, 0.25) is 0 Å². The molecule has 0 saturated carbocycles. The van der Waals surface area contributed by atoms with Crippen molar-refractivity contribution in [3.05, 3.63) is 59.7 Å². The van der Waals surface area contributed by atoms with E-state index in [0.29, 0.717) is 19.3 Å². The second-order valence-electron chi connectivity index (χ2n) is 5.63. The minimum atomic E-state index is -4.48. The number of hydrogen-bond donors (Lipinski definition) is 1. The van der Waals surface area contributed by atoms with Crippen LogP contribution in [0.5, 0.6) is 0 Å². The summed E-state index contributed by atoms with van der Waals surface area (Å²) in [5.41, 5.74) is -0.536. The number of benzene rings is 1. The number of oxime groups is 1. The molecular formula is C18H18F3N3O3. The molecule has 9 heteroatoms. The summed E-state index contributed by atoms with van der Waals surface area (Å²) in [5.74, 6) is -0.718. The predicted molar refractivity (Wildman–Crippen MR) is 91.2 cm³/mol. The molecule has 27 heavy (non-hydrogen) atoms. The number of carbonyl (C=O) groups is 1. The number of alkyl halides is 3. The van der Waals surface area contributed by atoms with Crippen molar-refractivity contribution >= 4 is 11.7 Å². The Morgan fingerprint density at radius 1 is 1.11 bits per heavy atom. The molecule has 0 aliphatic carbocycles. The number of unbranched alkanes of at least 4 members (excludes halogenated alkanes) is 2. The highest BCUT2D eigenvalue weighted by Gasteiger charge is 2.31. The summed E-state index contributed by atoms with van der Waals surface area (Å²) in [7, 11) is 0. The van der Waals surface area contributed by atoms with Crippen LogP contribution in [-0.4, -0.2) is 33.4 Å². The number of aliphatic carboxylic acids is 1. The summed E-state index contributed by atoms with van der Waals surface area (Å²) in [6.45, 7) is 0.203. The van der Waals surface area contributed by atoms with Crippen LogP contribution in [-0.2, 0) is 15.8 Å². The highest BCUT2D eigenvalue weighted by atomic mass is 19.4. The Hall–Kier alpha value is -2.97. The number of carboxylic acids is 1. The van der Waals surface area contributed by atoms with Crippen LogP contribution in [0.4, 0.5) is 13.2 Å². The van der Waals surface area contributed by atoms with Gasteiger partial charge < -0.3 is 9.94 Å². The van der Waals surface area contributed by atoms with Gasteiger partial charge in [0, 0.05) is 24.4 Å². The van der Waals surface area contributed by atoms with Gasteiger partial charge in [0.2, 0.25) is 0 Å². The smallest absolute Gasteiger partial charge is 0.416 e. The van der Waals surface area contributed by atoms with E-state index >= 15 is 0 Å². The molecule has 2 aromatic rings. The van der Waals surface area contributed by atoms with Crippen LogP contribution in [0.3, 0.4) is 0 Å². The van der Waals surface area contributed by atoms with E-state index in [1.165, 1.54) is 24.5 Å². The number of aromatic nitrogens is 2. The zero-order valence-corrected chi connectivity index (χ0v) is 14.3. The zero-order valence-electron chi connectivity index (χ0n) is 14.3. The van der Waals surface area contributed by atoms with Crippen molar-refractivity contribution in [3.63, 3.8) is 0 Å². The molecule has 0 unspecified atom stereocenters. The second kappa shape index (κ2) is 9.65. The van der Waals surface area contributed by atoms with Crippen molar-refractivity contribution in [2.75, 3.05) is 6.61 Å².